The molecule has 2 saturated carbocycles. The first-order valence-electron chi connectivity index (χ1n) is 15.5. The zero-order valence-corrected chi connectivity index (χ0v) is 25.4. The first kappa shape index (κ1) is 31.3. The molecule has 2 atom stereocenters. The average molecular weight is 597 g/mol. The molecule has 2 aromatic rings. The van der Waals surface area contributed by atoms with Gasteiger partial charge in [-0.3, -0.25) is 9.59 Å². The molecule has 2 aliphatic carbocycles. The minimum absolute atomic E-state index is 0.0289. The van der Waals surface area contributed by atoms with Crippen LogP contribution in [0.25, 0.3) is 6.08 Å². The zero-order chi connectivity index (χ0) is 30.8. The summed E-state index contributed by atoms with van der Waals surface area (Å²) in [4.78, 5) is 29.0. The lowest BCUT2D eigenvalue weighted by molar-refractivity contribution is -0.194. The molecule has 0 radical (unpaired) electrons. The molecular formula is C35H43F3N2O3. The summed E-state index contributed by atoms with van der Waals surface area (Å²) in [6, 6.07) is 18.6. The van der Waals surface area contributed by atoms with E-state index in [1.54, 1.807) is 0 Å². The van der Waals surface area contributed by atoms with Crippen molar-refractivity contribution < 1.29 is 27.5 Å². The second kappa shape index (κ2) is 12.5. The van der Waals surface area contributed by atoms with Crippen LogP contribution >= 0.6 is 0 Å². The summed E-state index contributed by atoms with van der Waals surface area (Å²) >= 11 is 0. The van der Waals surface area contributed by atoms with Crippen molar-refractivity contribution in [1.82, 2.24) is 9.80 Å². The first-order valence-corrected chi connectivity index (χ1v) is 15.5. The molecule has 43 heavy (non-hydrogen) atoms. The number of halogens is 3. The lowest BCUT2D eigenvalue weighted by Crippen LogP contribution is -2.59. The van der Waals surface area contributed by atoms with E-state index in [9.17, 15) is 22.8 Å². The fourth-order valence-electron chi connectivity index (χ4n) is 7.13. The van der Waals surface area contributed by atoms with E-state index in [0.717, 1.165) is 49.1 Å². The maximum absolute atomic E-state index is 13.8. The van der Waals surface area contributed by atoms with E-state index in [2.05, 4.69) is 11.0 Å². The maximum Gasteiger partial charge on any atom is 0.471 e. The summed E-state index contributed by atoms with van der Waals surface area (Å²) in [5.41, 5.74) is 2.35. The van der Waals surface area contributed by atoms with Crippen LogP contribution in [-0.4, -0.2) is 59.6 Å². The van der Waals surface area contributed by atoms with Gasteiger partial charge in [-0.15, -0.1) is 0 Å². The Morgan fingerprint density at radius 3 is 2.19 bits per heavy atom. The SMILES string of the molecule is CC/C(=C\c1ccccc1)[C@@H]1C[C@H]1N(C(=O)C(F)(F)F)C1CC2(CCN(CC(C)(C)C(=O)OCc3ccccc3)CC2)C1. The first-order chi connectivity index (χ1) is 20.4. The fourth-order valence-corrected chi connectivity index (χ4v) is 7.13. The van der Waals surface area contributed by atoms with E-state index in [0.29, 0.717) is 25.8 Å². The van der Waals surface area contributed by atoms with Crippen molar-refractivity contribution >= 4 is 18.0 Å². The Morgan fingerprint density at radius 1 is 1.00 bits per heavy atom. The maximum atomic E-state index is 13.8. The number of rotatable bonds is 10. The van der Waals surface area contributed by atoms with Gasteiger partial charge < -0.3 is 14.5 Å². The van der Waals surface area contributed by atoms with Gasteiger partial charge in [-0.1, -0.05) is 79.2 Å². The molecule has 0 bridgehead atoms. The monoisotopic (exact) mass is 596 g/mol. The summed E-state index contributed by atoms with van der Waals surface area (Å²) in [5, 5.41) is 0. The van der Waals surface area contributed by atoms with Gasteiger partial charge in [-0.25, -0.2) is 0 Å². The molecule has 5 rings (SSSR count). The number of piperidine rings is 1. The molecule has 0 aromatic heterocycles. The highest BCUT2D eigenvalue weighted by Crippen LogP contribution is 2.55. The highest BCUT2D eigenvalue weighted by atomic mass is 19.4. The number of alkyl halides is 3. The van der Waals surface area contributed by atoms with Crippen molar-refractivity contribution in [3.8, 4) is 0 Å². The Balaban J connectivity index is 1.16. The van der Waals surface area contributed by atoms with E-state index in [-0.39, 0.29) is 30.0 Å². The highest BCUT2D eigenvalue weighted by molar-refractivity contribution is 5.83. The van der Waals surface area contributed by atoms with E-state index < -0.39 is 23.5 Å². The smallest absolute Gasteiger partial charge is 0.460 e. The molecule has 0 N–H and O–H groups in total. The van der Waals surface area contributed by atoms with Gasteiger partial charge in [0.2, 0.25) is 0 Å². The third-order valence-corrected chi connectivity index (χ3v) is 9.66. The molecule has 1 amide bonds. The van der Waals surface area contributed by atoms with Crippen LogP contribution in [0.2, 0.25) is 0 Å². The van der Waals surface area contributed by atoms with Crippen LogP contribution in [0, 0.1) is 16.7 Å². The lowest BCUT2D eigenvalue weighted by atomic mass is 9.59. The van der Waals surface area contributed by atoms with Crippen LogP contribution in [0.15, 0.2) is 66.2 Å². The van der Waals surface area contributed by atoms with Gasteiger partial charge in [0, 0.05) is 24.5 Å². The molecule has 8 heteroatoms. The number of ether oxygens (including phenoxy) is 1. The number of carbonyl (C=O) groups excluding carboxylic acids is 2. The van der Waals surface area contributed by atoms with E-state index in [1.165, 1.54) is 4.90 Å². The Hall–Kier alpha value is -3.13. The number of benzene rings is 2. The second-order valence-corrected chi connectivity index (χ2v) is 13.4. The van der Waals surface area contributed by atoms with Gasteiger partial charge in [-0.2, -0.15) is 13.2 Å². The van der Waals surface area contributed by atoms with Gasteiger partial charge in [0.1, 0.15) is 6.61 Å². The number of nitrogens with zero attached hydrogens (tertiary/aromatic N) is 2. The van der Waals surface area contributed by atoms with Crippen molar-refractivity contribution in [2.75, 3.05) is 19.6 Å². The molecule has 1 heterocycles. The van der Waals surface area contributed by atoms with Crippen LogP contribution in [0.3, 0.4) is 0 Å². The highest BCUT2D eigenvalue weighted by Gasteiger charge is 2.59. The fraction of sp³-hybridized carbons (Fsp3) is 0.543. The Kier molecular flexibility index (Phi) is 9.07. The third-order valence-electron chi connectivity index (χ3n) is 9.66. The lowest BCUT2D eigenvalue weighted by Gasteiger charge is -2.55. The predicted molar refractivity (Wildman–Crippen MR) is 161 cm³/mol. The van der Waals surface area contributed by atoms with Crippen molar-refractivity contribution in [1.29, 1.82) is 0 Å². The van der Waals surface area contributed by atoms with Gasteiger partial charge >= 0.3 is 18.1 Å². The van der Waals surface area contributed by atoms with Crippen LogP contribution in [-0.2, 0) is 20.9 Å². The quantitative estimate of drug-likeness (QED) is 0.271. The Bertz CT molecular complexity index is 1290. The number of likely N-dealkylation sites (tertiary alicyclic amines) is 1. The summed E-state index contributed by atoms with van der Waals surface area (Å²) in [6.45, 7) is 8.18. The summed E-state index contributed by atoms with van der Waals surface area (Å²) in [6.07, 6.45) is 1.44. The number of hydrogen-bond donors (Lipinski definition) is 0. The number of esters is 1. The van der Waals surface area contributed by atoms with Crippen molar-refractivity contribution in [3.05, 3.63) is 77.4 Å². The van der Waals surface area contributed by atoms with Crippen molar-refractivity contribution in [2.45, 2.75) is 84.2 Å². The largest absolute Gasteiger partial charge is 0.471 e. The molecule has 0 unspecified atom stereocenters. The minimum Gasteiger partial charge on any atom is -0.460 e. The molecule has 232 valence electrons. The predicted octanol–water partition coefficient (Wildman–Crippen LogP) is 7.27. The number of carbonyl (C=O) groups is 2. The molecule has 1 aliphatic heterocycles. The summed E-state index contributed by atoms with van der Waals surface area (Å²) in [7, 11) is 0. The zero-order valence-electron chi connectivity index (χ0n) is 25.4. The molecule has 5 nitrogen and oxygen atoms in total. The molecular weight excluding hydrogens is 553 g/mol. The van der Waals surface area contributed by atoms with Crippen LogP contribution in [0.4, 0.5) is 13.2 Å². The minimum atomic E-state index is -4.88. The normalized spacial score (nSPS) is 22.6. The van der Waals surface area contributed by atoms with E-state index in [1.807, 2.05) is 81.4 Å². The van der Waals surface area contributed by atoms with Crippen LogP contribution < -0.4 is 0 Å². The topological polar surface area (TPSA) is 49.9 Å². The molecule has 1 saturated heterocycles. The van der Waals surface area contributed by atoms with Gasteiger partial charge in [0.05, 0.1) is 5.41 Å². The molecule has 3 aliphatic rings. The molecule has 2 aromatic carbocycles. The van der Waals surface area contributed by atoms with Gasteiger partial charge in [-0.05, 0) is 82.0 Å². The van der Waals surface area contributed by atoms with Gasteiger partial charge in [0.15, 0.2) is 0 Å². The van der Waals surface area contributed by atoms with E-state index >= 15 is 0 Å². The third kappa shape index (κ3) is 7.34. The Morgan fingerprint density at radius 2 is 1.60 bits per heavy atom. The van der Waals surface area contributed by atoms with Crippen LogP contribution in [0.1, 0.15) is 70.4 Å². The molecule has 1 spiro atoms. The van der Waals surface area contributed by atoms with E-state index in [4.69, 9.17) is 4.74 Å². The van der Waals surface area contributed by atoms with Gasteiger partial charge in [0.25, 0.3) is 0 Å². The Labute approximate surface area is 253 Å². The van der Waals surface area contributed by atoms with Crippen LogP contribution in [0.5, 0.6) is 0 Å². The van der Waals surface area contributed by atoms with Crippen molar-refractivity contribution in [2.24, 2.45) is 16.7 Å². The molecule has 3 fully saturated rings. The summed E-state index contributed by atoms with van der Waals surface area (Å²) < 4.78 is 46.9. The standard InChI is InChI=1S/C35H43F3N2O3/c1-4-27(19-25-11-7-5-8-12-25)29-20-30(29)40(31(41)35(36,37)38)28-21-34(22-28)15-17-39(18-16-34)24-33(2,3)32(42)43-23-26-13-9-6-10-14-26/h5-14,19,28-30H,4,15-18,20-24H2,1-3H3/b27-19+/t29-,30+/m0/s1. The second-order valence-electron chi connectivity index (χ2n) is 13.4. The van der Waals surface area contributed by atoms with Crippen molar-refractivity contribution in [3.63, 3.8) is 0 Å². The average Bonchev–Trinajstić information content (AvgIpc) is 3.75. The number of hydrogen-bond acceptors (Lipinski definition) is 4. The number of amides is 1. The summed E-state index contributed by atoms with van der Waals surface area (Å²) in [5.74, 6) is -1.96.